The molecular formula is C10H15NO3. The van der Waals surface area contributed by atoms with Gasteiger partial charge in [0.15, 0.2) is 0 Å². The fourth-order valence-corrected chi connectivity index (χ4v) is 2.24. The van der Waals surface area contributed by atoms with Crippen molar-refractivity contribution in [1.29, 1.82) is 0 Å². The van der Waals surface area contributed by atoms with Gasteiger partial charge in [0.1, 0.15) is 5.60 Å². The van der Waals surface area contributed by atoms with Crippen LogP contribution in [0.3, 0.4) is 0 Å². The molecule has 0 aromatic carbocycles. The Bertz CT molecular complexity index is 277. The van der Waals surface area contributed by atoms with Crippen molar-refractivity contribution in [2.45, 2.75) is 38.2 Å². The Morgan fingerprint density at radius 1 is 1.64 bits per heavy atom. The lowest BCUT2D eigenvalue weighted by Crippen LogP contribution is -2.36. The third kappa shape index (κ3) is 1.62. The van der Waals surface area contributed by atoms with E-state index in [0.29, 0.717) is 12.8 Å². The summed E-state index contributed by atoms with van der Waals surface area (Å²) < 4.78 is 0. The van der Waals surface area contributed by atoms with Crippen molar-refractivity contribution in [3.63, 3.8) is 0 Å². The molecule has 4 heteroatoms. The van der Waals surface area contributed by atoms with E-state index in [-0.39, 0.29) is 11.5 Å². The van der Waals surface area contributed by atoms with Crippen LogP contribution >= 0.6 is 0 Å². The molecule has 0 aromatic heterocycles. The summed E-state index contributed by atoms with van der Waals surface area (Å²) in [5.74, 6) is -0.856. The molecule has 78 valence electrons. The summed E-state index contributed by atoms with van der Waals surface area (Å²) >= 11 is 0. The maximum absolute atomic E-state index is 10.8. The number of carboxylic acid groups (broad SMARTS) is 1. The van der Waals surface area contributed by atoms with Crippen LogP contribution in [0.15, 0.2) is 11.8 Å². The standard InChI is InChI=1S/C10H15NO3/c1-7-6-10(14-11-7)4-2-8(3-5-10)9(12)13/h6,8,11H,2-5H2,1H3,(H,12,13). The molecule has 2 rings (SSSR count). The second-order valence-electron chi connectivity index (χ2n) is 4.21. The van der Waals surface area contributed by atoms with E-state index >= 15 is 0 Å². The smallest absolute Gasteiger partial charge is 0.306 e. The average Bonchev–Trinajstić information content (AvgIpc) is 2.48. The highest BCUT2D eigenvalue weighted by Crippen LogP contribution is 2.38. The second kappa shape index (κ2) is 3.28. The second-order valence-corrected chi connectivity index (χ2v) is 4.21. The molecule has 0 saturated heterocycles. The molecule has 0 radical (unpaired) electrons. The van der Waals surface area contributed by atoms with Gasteiger partial charge in [-0.05, 0) is 38.7 Å². The highest BCUT2D eigenvalue weighted by molar-refractivity contribution is 5.70. The number of nitrogens with one attached hydrogen (secondary N) is 1. The monoisotopic (exact) mass is 197 g/mol. The van der Waals surface area contributed by atoms with Crippen molar-refractivity contribution < 1.29 is 14.7 Å². The summed E-state index contributed by atoms with van der Waals surface area (Å²) in [7, 11) is 0. The predicted molar refractivity (Wildman–Crippen MR) is 50.3 cm³/mol. The van der Waals surface area contributed by atoms with Gasteiger partial charge in [0.25, 0.3) is 0 Å². The summed E-state index contributed by atoms with van der Waals surface area (Å²) in [6, 6.07) is 0. The van der Waals surface area contributed by atoms with Crippen LogP contribution < -0.4 is 5.48 Å². The van der Waals surface area contributed by atoms with E-state index in [0.717, 1.165) is 18.5 Å². The molecule has 1 aliphatic heterocycles. The summed E-state index contributed by atoms with van der Waals surface area (Å²) in [5, 5.41) is 8.85. The van der Waals surface area contributed by atoms with Crippen molar-refractivity contribution in [3.8, 4) is 0 Å². The fraction of sp³-hybridized carbons (Fsp3) is 0.700. The minimum atomic E-state index is -0.675. The lowest BCUT2D eigenvalue weighted by molar-refractivity contribution is -0.145. The summed E-state index contributed by atoms with van der Waals surface area (Å²) in [5.41, 5.74) is 3.64. The molecule has 1 saturated carbocycles. The van der Waals surface area contributed by atoms with Gasteiger partial charge in [-0.1, -0.05) is 0 Å². The maximum atomic E-state index is 10.8. The topological polar surface area (TPSA) is 58.6 Å². The molecule has 2 aliphatic rings. The molecule has 1 spiro atoms. The van der Waals surface area contributed by atoms with Gasteiger partial charge >= 0.3 is 5.97 Å². The van der Waals surface area contributed by atoms with E-state index in [1.165, 1.54) is 0 Å². The fourth-order valence-electron chi connectivity index (χ4n) is 2.24. The van der Waals surface area contributed by atoms with E-state index in [2.05, 4.69) is 11.6 Å². The van der Waals surface area contributed by atoms with Crippen LogP contribution in [0, 0.1) is 5.92 Å². The van der Waals surface area contributed by atoms with Crippen molar-refractivity contribution in [2.75, 3.05) is 0 Å². The van der Waals surface area contributed by atoms with Gasteiger partial charge in [0, 0.05) is 5.70 Å². The van der Waals surface area contributed by atoms with Crippen LogP contribution in [0.4, 0.5) is 0 Å². The molecule has 0 bridgehead atoms. The molecule has 0 unspecified atom stereocenters. The van der Waals surface area contributed by atoms with Crippen LogP contribution in [0.5, 0.6) is 0 Å². The number of rotatable bonds is 1. The maximum Gasteiger partial charge on any atom is 0.306 e. The van der Waals surface area contributed by atoms with E-state index in [9.17, 15) is 4.79 Å². The first-order valence-corrected chi connectivity index (χ1v) is 4.98. The molecule has 1 fully saturated rings. The Labute approximate surface area is 82.9 Å². The number of allylic oxidation sites excluding steroid dienone is 1. The number of aliphatic carboxylic acids is 1. The first-order chi connectivity index (χ1) is 6.61. The Balaban J connectivity index is 1.99. The highest BCUT2D eigenvalue weighted by atomic mass is 16.7. The number of carboxylic acids is 1. The lowest BCUT2D eigenvalue weighted by Gasteiger charge is -2.32. The summed E-state index contributed by atoms with van der Waals surface area (Å²) in [4.78, 5) is 16.2. The highest BCUT2D eigenvalue weighted by Gasteiger charge is 2.39. The zero-order valence-corrected chi connectivity index (χ0v) is 8.25. The third-order valence-corrected chi connectivity index (χ3v) is 3.08. The van der Waals surface area contributed by atoms with E-state index in [1.807, 2.05) is 6.92 Å². The zero-order chi connectivity index (χ0) is 10.2. The van der Waals surface area contributed by atoms with Gasteiger partial charge < -0.3 is 5.11 Å². The van der Waals surface area contributed by atoms with Gasteiger partial charge in [0.2, 0.25) is 0 Å². The lowest BCUT2D eigenvalue weighted by atomic mass is 9.79. The first-order valence-electron chi connectivity index (χ1n) is 4.98. The van der Waals surface area contributed by atoms with E-state index < -0.39 is 5.97 Å². The van der Waals surface area contributed by atoms with Gasteiger partial charge in [-0.15, -0.1) is 0 Å². The van der Waals surface area contributed by atoms with Crippen LogP contribution in [0.2, 0.25) is 0 Å². The Morgan fingerprint density at radius 2 is 2.29 bits per heavy atom. The van der Waals surface area contributed by atoms with Crippen LogP contribution in [0.25, 0.3) is 0 Å². The Kier molecular flexibility index (Phi) is 2.23. The van der Waals surface area contributed by atoms with Crippen LogP contribution in [0.1, 0.15) is 32.6 Å². The van der Waals surface area contributed by atoms with E-state index in [1.54, 1.807) is 0 Å². The molecule has 0 aromatic rings. The molecular weight excluding hydrogens is 182 g/mol. The van der Waals surface area contributed by atoms with Crippen molar-refractivity contribution >= 4 is 5.97 Å². The normalized spacial score (nSPS) is 36.6. The van der Waals surface area contributed by atoms with E-state index in [4.69, 9.17) is 9.94 Å². The molecule has 1 heterocycles. The molecule has 2 N–H and O–H groups in total. The van der Waals surface area contributed by atoms with Crippen LogP contribution in [-0.2, 0) is 9.63 Å². The van der Waals surface area contributed by atoms with Gasteiger partial charge in [-0.3, -0.25) is 15.1 Å². The molecule has 1 aliphatic carbocycles. The molecule has 0 amide bonds. The number of carbonyl (C=O) groups is 1. The number of hydrogen-bond donors (Lipinski definition) is 2. The average molecular weight is 197 g/mol. The molecule has 4 nitrogen and oxygen atoms in total. The van der Waals surface area contributed by atoms with Crippen molar-refractivity contribution in [3.05, 3.63) is 11.8 Å². The minimum absolute atomic E-state index is 0.182. The largest absolute Gasteiger partial charge is 0.481 e. The van der Waals surface area contributed by atoms with Crippen molar-refractivity contribution in [1.82, 2.24) is 5.48 Å². The summed E-state index contributed by atoms with van der Waals surface area (Å²) in [6.45, 7) is 1.96. The first kappa shape index (κ1) is 9.52. The van der Waals surface area contributed by atoms with Crippen LogP contribution in [-0.4, -0.2) is 16.7 Å². The number of hydroxylamine groups is 1. The van der Waals surface area contributed by atoms with Crippen molar-refractivity contribution in [2.24, 2.45) is 5.92 Å². The molecule has 14 heavy (non-hydrogen) atoms. The van der Waals surface area contributed by atoms with Gasteiger partial charge in [0.05, 0.1) is 5.92 Å². The summed E-state index contributed by atoms with van der Waals surface area (Å²) in [6.07, 6.45) is 5.09. The number of hydrogen-bond acceptors (Lipinski definition) is 3. The van der Waals surface area contributed by atoms with Gasteiger partial charge in [-0.2, -0.15) is 0 Å². The zero-order valence-electron chi connectivity index (χ0n) is 8.25. The Hall–Kier alpha value is -1.03. The van der Waals surface area contributed by atoms with Gasteiger partial charge in [-0.25, -0.2) is 0 Å². The predicted octanol–water partition coefficient (Wildman–Crippen LogP) is 1.44. The molecule has 0 atom stereocenters. The SMILES string of the molecule is CC1=CC2(CCC(C(=O)O)CC2)ON1. The third-order valence-electron chi connectivity index (χ3n) is 3.08. The minimum Gasteiger partial charge on any atom is -0.481 e. The Morgan fingerprint density at radius 3 is 2.71 bits per heavy atom. The quantitative estimate of drug-likeness (QED) is 0.667.